The number of anilines is 1. The van der Waals surface area contributed by atoms with Crippen molar-refractivity contribution >= 4 is 33.6 Å². The summed E-state index contributed by atoms with van der Waals surface area (Å²) in [5, 5.41) is 2.81. The van der Waals surface area contributed by atoms with Crippen molar-refractivity contribution in [2.75, 3.05) is 11.9 Å². The van der Waals surface area contributed by atoms with Crippen molar-refractivity contribution in [3.8, 4) is 0 Å². The van der Waals surface area contributed by atoms with E-state index in [0.717, 1.165) is 12.8 Å². The van der Waals surface area contributed by atoms with E-state index in [9.17, 15) is 9.59 Å². The first kappa shape index (κ1) is 12.6. The second-order valence-corrected chi connectivity index (χ2v) is 6.05. The van der Waals surface area contributed by atoms with E-state index in [2.05, 4.69) is 26.2 Å². The van der Waals surface area contributed by atoms with Crippen LogP contribution in [0.4, 0.5) is 5.82 Å². The minimum absolute atomic E-state index is 0.0302. The molecule has 1 aliphatic carbocycles. The molecule has 19 heavy (non-hydrogen) atoms. The molecule has 0 spiro atoms. The van der Waals surface area contributed by atoms with Crippen molar-refractivity contribution in [3.05, 3.63) is 22.8 Å². The maximum Gasteiger partial charge on any atom is 0.251 e. The molecule has 3 aliphatic rings. The third-order valence-corrected chi connectivity index (χ3v) is 4.41. The number of carbonyl (C=O) groups excluding carboxylic acids is 2. The maximum absolute atomic E-state index is 12.4. The highest BCUT2D eigenvalue weighted by Crippen LogP contribution is 2.50. The molecule has 4 rings (SSSR count). The third-order valence-electron chi connectivity index (χ3n) is 3.97. The highest BCUT2D eigenvalue weighted by molar-refractivity contribution is 9.10. The Morgan fingerprint density at radius 3 is 2.84 bits per heavy atom. The lowest BCUT2D eigenvalue weighted by Crippen LogP contribution is -2.56. The Kier molecular flexibility index (Phi) is 2.85. The van der Waals surface area contributed by atoms with Gasteiger partial charge in [-0.3, -0.25) is 9.59 Å². The van der Waals surface area contributed by atoms with Crippen LogP contribution < -0.4 is 5.32 Å². The van der Waals surface area contributed by atoms with Gasteiger partial charge in [-0.15, -0.1) is 0 Å². The molecule has 5 nitrogen and oxygen atoms in total. The smallest absolute Gasteiger partial charge is 0.251 e. The van der Waals surface area contributed by atoms with Crippen LogP contribution in [0.15, 0.2) is 22.8 Å². The van der Waals surface area contributed by atoms with Gasteiger partial charge in [-0.2, -0.15) is 0 Å². The van der Waals surface area contributed by atoms with Gasteiger partial charge < -0.3 is 10.2 Å². The first-order chi connectivity index (χ1) is 9.01. The van der Waals surface area contributed by atoms with Gasteiger partial charge in [0.2, 0.25) is 5.91 Å². The number of amides is 2. The Morgan fingerprint density at radius 2 is 2.21 bits per heavy atom. The summed E-state index contributed by atoms with van der Waals surface area (Å²) in [5.41, 5.74) is -0.638. The number of halogens is 1. The average Bonchev–Trinajstić information content (AvgIpc) is 2.83. The lowest BCUT2D eigenvalue weighted by atomic mass is 9.72. The van der Waals surface area contributed by atoms with Gasteiger partial charge in [-0.05, 0) is 46.8 Å². The average molecular weight is 324 g/mol. The predicted octanol–water partition coefficient (Wildman–Crippen LogP) is 1.79. The molecular weight excluding hydrogens is 310 g/mol. The number of fused-ring (bicyclic) bond motifs is 1. The van der Waals surface area contributed by atoms with E-state index in [0.29, 0.717) is 22.9 Å². The van der Waals surface area contributed by atoms with E-state index >= 15 is 0 Å². The van der Waals surface area contributed by atoms with Gasteiger partial charge in [0.25, 0.3) is 5.91 Å². The largest absolute Gasteiger partial charge is 0.328 e. The van der Waals surface area contributed by atoms with Crippen molar-refractivity contribution in [2.45, 2.75) is 25.3 Å². The zero-order chi connectivity index (χ0) is 13.6. The summed E-state index contributed by atoms with van der Waals surface area (Å²) in [6.07, 6.45) is 1.54. The summed E-state index contributed by atoms with van der Waals surface area (Å²) in [6, 6.07) is 5.35. The zero-order valence-electron chi connectivity index (χ0n) is 10.5. The Morgan fingerprint density at radius 1 is 1.47 bits per heavy atom. The standard InChI is InChI=1S/C13H14BrN3O2/c1-8(18)17-7-9-5-13(17,6-9)12(19)16-11-4-2-3-10(14)15-11/h2-4,9H,5-7H2,1H3,(H,15,16,19). The summed E-state index contributed by atoms with van der Waals surface area (Å²) in [5.74, 6) is 0.831. The molecule has 0 radical (unpaired) electrons. The summed E-state index contributed by atoms with van der Waals surface area (Å²) >= 11 is 3.27. The molecule has 0 unspecified atom stereocenters. The molecular formula is C13H14BrN3O2. The van der Waals surface area contributed by atoms with Crippen molar-refractivity contribution in [2.24, 2.45) is 5.92 Å². The number of carbonyl (C=O) groups is 2. The fourth-order valence-electron chi connectivity index (χ4n) is 3.13. The zero-order valence-corrected chi connectivity index (χ0v) is 12.1. The van der Waals surface area contributed by atoms with Crippen LogP contribution in [0.1, 0.15) is 19.8 Å². The summed E-state index contributed by atoms with van der Waals surface area (Å²) in [4.78, 5) is 29.9. The molecule has 1 aromatic heterocycles. The third kappa shape index (κ3) is 1.94. The van der Waals surface area contributed by atoms with Crippen LogP contribution in [0.3, 0.4) is 0 Å². The maximum atomic E-state index is 12.4. The SMILES string of the molecule is CC(=O)N1CC2CC1(C(=O)Nc1cccc(Br)n1)C2. The van der Waals surface area contributed by atoms with Crippen molar-refractivity contribution in [1.82, 2.24) is 9.88 Å². The molecule has 1 saturated carbocycles. The number of rotatable bonds is 2. The van der Waals surface area contributed by atoms with E-state index in [-0.39, 0.29) is 11.8 Å². The number of pyridine rings is 1. The number of nitrogens with zero attached hydrogens (tertiary/aromatic N) is 2. The van der Waals surface area contributed by atoms with Crippen LogP contribution >= 0.6 is 15.9 Å². The number of hydrogen-bond donors (Lipinski definition) is 1. The summed E-state index contributed by atoms with van der Waals surface area (Å²) < 4.78 is 0.670. The van der Waals surface area contributed by atoms with Gasteiger partial charge in [0.1, 0.15) is 16.0 Å². The van der Waals surface area contributed by atoms with Crippen LogP contribution in [0.25, 0.3) is 0 Å². The molecule has 1 aromatic rings. The molecule has 2 saturated heterocycles. The fourth-order valence-corrected chi connectivity index (χ4v) is 3.47. The lowest BCUT2D eigenvalue weighted by Gasteiger charge is -2.39. The first-order valence-electron chi connectivity index (χ1n) is 6.23. The fraction of sp³-hybridized carbons (Fsp3) is 0.462. The van der Waals surface area contributed by atoms with Gasteiger partial charge in [0.05, 0.1) is 0 Å². The Balaban J connectivity index is 1.79. The minimum Gasteiger partial charge on any atom is -0.328 e. The monoisotopic (exact) mass is 323 g/mol. The van der Waals surface area contributed by atoms with Crippen LogP contribution in [0, 0.1) is 5.92 Å². The van der Waals surface area contributed by atoms with Crippen LogP contribution in [0.2, 0.25) is 0 Å². The molecule has 2 bridgehead atoms. The van der Waals surface area contributed by atoms with E-state index < -0.39 is 5.54 Å². The van der Waals surface area contributed by atoms with Crippen LogP contribution in [-0.4, -0.2) is 33.8 Å². The lowest BCUT2D eigenvalue weighted by molar-refractivity contribution is -0.141. The molecule has 100 valence electrons. The highest BCUT2D eigenvalue weighted by atomic mass is 79.9. The molecule has 0 aromatic carbocycles. The van der Waals surface area contributed by atoms with E-state index in [1.165, 1.54) is 6.92 Å². The second-order valence-electron chi connectivity index (χ2n) is 5.24. The van der Waals surface area contributed by atoms with E-state index in [1.54, 1.807) is 17.0 Å². The molecule has 2 aliphatic heterocycles. The molecule has 3 heterocycles. The molecule has 1 N–H and O–H groups in total. The van der Waals surface area contributed by atoms with Gasteiger partial charge >= 0.3 is 0 Å². The highest BCUT2D eigenvalue weighted by Gasteiger charge is 2.61. The summed E-state index contributed by atoms with van der Waals surface area (Å²) in [6.45, 7) is 2.22. The first-order valence-corrected chi connectivity index (χ1v) is 7.03. The quantitative estimate of drug-likeness (QED) is 0.844. The van der Waals surface area contributed by atoms with Crippen molar-refractivity contribution in [3.63, 3.8) is 0 Å². The van der Waals surface area contributed by atoms with Gasteiger partial charge in [-0.25, -0.2) is 4.98 Å². The van der Waals surface area contributed by atoms with Crippen molar-refractivity contribution in [1.29, 1.82) is 0 Å². The number of nitrogens with one attached hydrogen (secondary N) is 1. The minimum atomic E-state index is -0.638. The predicted molar refractivity (Wildman–Crippen MR) is 73.4 cm³/mol. The van der Waals surface area contributed by atoms with Crippen LogP contribution in [0.5, 0.6) is 0 Å². The molecule has 0 atom stereocenters. The van der Waals surface area contributed by atoms with Crippen LogP contribution in [-0.2, 0) is 9.59 Å². The Bertz CT molecular complexity index is 555. The van der Waals surface area contributed by atoms with Gasteiger partial charge in [0.15, 0.2) is 0 Å². The second kappa shape index (κ2) is 4.30. The number of aromatic nitrogens is 1. The Labute approximate surface area is 119 Å². The Hall–Kier alpha value is -1.43. The molecule has 6 heteroatoms. The normalized spacial score (nSPS) is 27.9. The van der Waals surface area contributed by atoms with Crippen molar-refractivity contribution < 1.29 is 9.59 Å². The summed E-state index contributed by atoms with van der Waals surface area (Å²) in [7, 11) is 0. The topological polar surface area (TPSA) is 62.3 Å². The van der Waals surface area contributed by atoms with E-state index in [1.807, 2.05) is 6.07 Å². The molecule has 2 amide bonds. The van der Waals surface area contributed by atoms with Gasteiger partial charge in [0, 0.05) is 13.5 Å². The van der Waals surface area contributed by atoms with E-state index in [4.69, 9.17) is 0 Å². The number of hydrogen-bond acceptors (Lipinski definition) is 3. The van der Waals surface area contributed by atoms with Gasteiger partial charge in [-0.1, -0.05) is 6.07 Å². The molecule has 3 fully saturated rings.